The molecule has 0 atom stereocenters. The molecule has 0 bridgehead atoms. The van der Waals surface area contributed by atoms with Crippen molar-refractivity contribution in [2.75, 3.05) is 5.32 Å². The number of aromatic nitrogens is 3. The van der Waals surface area contributed by atoms with Crippen LogP contribution in [0, 0.1) is 13.8 Å². The summed E-state index contributed by atoms with van der Waals surface area (Å²) in [7, 11) is 1.82. The van der Waals surface area contributed by atoms with Crippen LogP contribution in [-0.2, 0) is 19.9 Å². The van der Waals surface area contributed by atoms with Crippen LogP contribution in [0.5, 0.6) is 5.75 Å². The Bertz CT molecular complexity index is 1560. The number of alkyl halides is 3. The van der Waals surface area contributed by atoms with E-state index < -0.39 is 6.36 Å². The molecular formula is C28H25F3N6OS. The van der Waals surface area contributed by atoms with E-state index in [1.807, 2.05) is 51.2 Å². The Morgan fingerprint density at radius 1 is 1.05 bits per heavy atom. The van der Waals surface area contributed by atoms with Crippen LogP contribution < -0.4 is 15.5 Å². The Labute approximate surface area is 228 Å². The number of rotatable bonds is 5. The summed E-state index contributed by atoms with van der Waals surface area (Å²) in [4.78, 5) is 4.75. The van der Waals surface area contributed by atoms with Crippen molar-refractivity contribution in [1.29, 1.82) is 0 Å². The summed E-state index contributed by atoms with van der Waals surface area (Å²) in [5, 5.41) is 12.5. The Balaban J connectivity index is 1.31. The summed E-state index contributed by atoms with van der Waals surface area (Å²) < 4.78 is 43.3. The number of thiocarbonyl (C=S) groups is 1. The third kappa shape index (κ3) is 5.78. The molecule has 2 heterocycles. The second-order valence-corrected chi connectivity index (χ2v) is 9.60. The van der Waals surface area contributed by atoms with E-state index in [1.165, 1.54) is 12.1 Å². The summed E-state index contributed by atoms with van der Waals surface area (Å²) in [6.07, 6.45) is -1.73. The van der Waals surface area contributed by atoms with Gasteiger partial charge in [-0.15, -0.1) is 13.2 Å². The zero-order valence-electron chi connectivity index (χ0n) is 21.4. The first-order valence-corrected chi connectivity index (χ1v) is 12.6. The van der Waals surface area contributed by atoms with Crippen molar-refractivity contribution < 1.29 is 17.9 Å². The van der Waals surface area contributed by atoms with Gasteiger partial charge in [-0.3, -0.25) is 15.1 Å². The molecule has 2 N–H and O–H groups in total. The van der Waals surface area contributed by atoms with E-state index in [9.17, 15) is 13.2 Å². The highest BCUT2D eigenvalue weighted by atomic mass is 32.1. The molecule has 5 rings (SSSR count). The number of ether oxygens (including phenoxy) is 1. The number of halogens is 3. The number of nitrogens with one attached hydrogen (secondary N) is 2. The van der Waals surface area contributed by atoms with Crippen molar-refractivity contribution in [3.63, 3.8) is 0 Å². The van der Waals surface area contributed by atoms with Gasteiger partial charge in [0, 0.05) is 29.4 Å². The van der Waals surface area contributed by atoms with Gasteiger partial charge in [-0.05, 0) is 86.4 Å². The van der Waals surface area contributed by atoms with Gasteiger partial charge in [-0.2, -0.15) is 10.2 Å². The van der Waals surface area contributed by atoms with Crippen molar-refractivity contribution in [2.24, 2.45) is 12.1 Å². The third-order valence-electron chi connectivity index (χ3n) is 6.45. The van der Waals surface area contributed by atoms with Crippen LogP contribution in [0.25, 0.3) is 22.5 Å². The van der Waals surface area contributed by atoms with Crippen LogP contribution in [0.1, 0.15) is 28.1 Å². The molecule has 0 amide bonds. The first kappa shape index (κ1) is 26.4. The third-order valence-corrected chi connectivity index (χ3v) is 6.65. The highest BCUT2D eigenvalue weighted by molar-refractivity contribution is 7.80. The number of aryl methyl sites for hydroxylation is 4. The first-order valence-electron chi connectivity index (χ1n) is 12.2. The lowest BCUT2D eigenvalue weighted by Crippen LogP contribution is -2.24. The van der Waals surface area contributed by atoms with Gasteiger partial charge in [-0.1, -0.05) is 18.2 Å². The van der Waals surface area contributed by atoms with E-state index in [0.717, 1.165) is 50.6 Å². The molecule has 1 aliphatic carbocycles. The molecule has 1 aliphatic rings. The maximum absolute atomic E-state index is 12.5. The molecule has 39 heavy (non-hydrogen) atoms. The molecule has 200 valence electrons. The SMILES string of the molecule is Cc1cccc(C)c1NC(=S)NN=Cc1ccc2c(n1)CCc1c-2nn(C)c1-c1ccc(OC(F)(F)F)cc1. The van der Waals surface area contributed by atoms with Crippen molar-refractivity contribution in [2.45, 2.75) is 33.1 Å². The van der Waals surface area contributed by atoms with Gasteiger partial charge in [0.1, 0.15) is 5.75 Å². The standard InChI is InChI=1S/C28H25F3N6OS/c1-16-5-4-6-17(2)24(16)34-27(39)35-32-15-19-9-12-21-23(33-19)14-13-22-25(21)36-37(3)26(22)18-7-10-20(11-8-18)38-28(29,30)31/h4-12,15H,13-14H2,1-3H3,(H2,34,35,39). The Morgan fingerprint density at radius 3 is 2.46 bits per heavy atom. The molecule has 0 saturated heterocycles. The predicted octanol–water partition coefficient (Wildman–Crippen LogP) is 6.08. The number of anilines is 1. The van der Waals surface area contributed by atoms with E-state index in [0.29, 0.717) is 23.6 Å². The zero-order valence-corrected chi connectivity index (χ0v) is 22.2. The highest BCUT2D eigenvalue weighted by Crippen LogP contribution is 2.38. The minimum atomic E-state index is -4.73. The quantitative estimate of drug-likeness (QED) is 0.178. The van der Waals surface area contributed by atoms with E-state index in [1.54, 1.807) is 23.0 Å². The topological polar surface area (TPSA) is 76.4 Å². The molecule has 0 saturated carbocycles. The second kappa shape index (κ2) is 10.5. The molecule has 0 aliphatic heterocycles. The highest BCUT2D eigenvalue weighted by Gasteiger charge is 2.31. The van der Waals surface area contributed by atoms with Gasteiger partial charge >= 0.3 is 6.36 Å². The lowest BCUT2D eigenvalue weighted by atomic mass is 9.90. The number of hydrogen-bond donors (Lipinski definition) is 2. The van der Waals surface area contributed by atoms with Gasteiger partial charge in [0.2, 0.25) is 0 Å². The lowest BCUT2D eigenvalue weighted by Gasteiger charge is -2.16. The summed E-state index contributed by atoms with van der Waals surface area (Å²) in [5.41, 5.74) is 11.9. The molecule has 2 aromatic heterocycles. The fraction of sp³-hybridized carbons (Fsp3) is 0.214. The van der Waals surface area contributed by atoms with Gasteiger partial charge in [0.25, 0.3) is 0 Å². The molecule has 0 fully saturated rings. The summed E-state index contributed by atoms with van der Waals surface area (Å²) in [6.45, 7) is 4.02. The zero-order chi connectivity index (χ0) is 27.7. The normalized spacial score (nSPS) is 12.7. The monoisotopic (exact) mass is 550 g/mol. The predicted molar refractivity (Wildman–Crippen MR) is 149 cm³/mol. The van der Waals surface area contributed by atoms with Crippen molar-refractivity contribution in [1.82, 2.24) is 20.2 Å². The van der Waals surface area contributed by atoms with Crippen LogP contribution in [0.4, 0.5) is 18.9 Å². The van der Waals surface area contributed by atoms with Crippen molar-refractivity contribution >= 4 is 29.2 Å². The molecular weight excluding hydrogens is 525 g/mol. The lowest BCUT2D eigenvalue weighted by molar-refractivity contribution is -0.274. The van der Waals surface area contributed by atoms with Crippen LogP contribution >= 0.6 is 12.2 Å². The minimum absolute atomic E-state index is 0.262. The molecule has 0 unspecified atom stereocenters. The molecule has 11 heteroatoms. The molecule has 0 spiro atoms. The number of nitrogens with zero attached hydrogens (tertiary/aromatic N) is 4. The first-order chi connectivity index (χ1) is 18.6. The number of pyridine rings is 1. The second-order valence-electron chi connectivity index (χ2n) is 9.19. The summed E-state index contributed by atoms with van der Waals surface area (Å²) >= 11 is 5.37. The Kier molecular flexibility index (Phi) is 7.09. The van der Waals surface area contributed by atoms with Crippen LogP contribution in [0.2, 0.25) is 0 Å². The van der Waals surface area contributed by atoms with Crippen molar-refractivity contribution in [3.05, 3.63) is 82.7 Å². The number of fused-ring (bicyclic) bond motifs is 3. The number of para-hydroxylation sites is 1. The van der Waals surface area contributed by atoms with Crippen LogP contribution in [0.3, 0.4) is 0 Å². The van der Waals surface area contributed by atoms with Gasteiger partial charge in [-0.25, -0.2) is 0 Å². The molecule has 4 aromatic rings. The fourth-order valence-electron chi connectivity index (χ4n) is 4.75. The van der Waals surface area contributed by atoms with E-state index in [2.05, 4.69) is 20.6 Å². The summed E-state index contributed by atoms with van der Waals surface area (Å²) in [5.74, 6) is -0.262. The van der Waals surface area contributed by atoms with E-state index in [-0.39, 0.29) is 5.75 Å². The average Bonchev–Trinajstić information content (AvgIpc) is 3.22. The smallest absolute Gasteiger partial charge is 0.406 e. The Hall–Kier alpha value is -4.25. The summed E-state index contributed by atoms with van der Waals surface area (Å²) in [6, 6.07) is 15.7. The average molecular weight is 551 g/mol. The van der Waals surface area contributed by atoms with E-state index >= 15 is 0 Å². The van der Waals surface area contributed by atoms with Gasteiger partial charge in [0.05, 0.1) is 29.0 Å². The number of benzene rings is 2. The van der Waals surface area contributed by atoms with Gasteiger partial charge < -0.3 is 10.1 Å². The maximum atomic E-state index is 12.5. The molecule has 7 nitrogen and oxygen atoms in total. The number of hydrogen-bond acceptors (Lipinski definition) is 5. The largest absolute Gasteiger partial charge is 0.573 e. The minimum Gasteiger partial charge on any atom is -0.406 e. The Morgan fingerprint density at radius 2 is 1.77 bits per heavy atom. The van der Waals surface area contributed by atoms with Crippen LogP contribution in [0.15, 0.2) is 59.7 Å². The van der Waals surface area contributed by atoms with Gasteiger partial charge in [0.15, 0.2) is 5.11 Å². The van der Waals surface area contributed by atoms with Crippen molar-refractivity contribution in [3.8, 4) is 28.3 Å². The number of hydrazone groups is 1. The van der Waals surface area contributed by atoms with E-state index in [4.69, 9.17) is 22.3 Å². The molecule has 0 radical (unpaired) electrons. The molecule has 2 aromatic carbocycles. The van der Waals surface area contributed by atoms with Crippen LogP contribution in [-0.4, -0.2) is 32.5 Å². The maximum Gasteiger partial charge on any atom is 0.573 e. The fourth-order valence-corrected chi connectivity index (χ4v) is 4.90.